The van der Waals surface area contributed by atoms with E-state index in [9.17, 15) is 0 Å². The maximum Gasteiger partial charge on any atom is 0.226 e. The summed E-state index contributed by atoms with van der Waals surface area (Å²) in [7, 11) is 1.79. The van der Waals surface area contributed by atoms with Crippen LogP contribution >= 0.6 is 15.9 Å². The van der Waals surface area contributed by atoms with Gasteiger partial charge in [0.05, 0.1) is 11.6 Å². The van der Waals surface area contributed by atoms with Gasteiger partial charge in [-0.25, -0.2) is 0 Å². The molecule has 6 nitrogen and oxygen atoms in total. The van der Waals surface area contributed by atoms with Crippen LogP contribution in [0.15, 0.2) is 22.8 Å². The molecule has 0 unspecified atom stereocenters. The van der Waals surface area contributed by atoms with Crippen LogP contribution in [-0.4, -0.2) is 27.2 Å². The predicted octanol–water partition coefficient (Wildman–Crippen LogP) is 3.52. The predicted molar refractivity (Wildman–Crippen MR) is 88.1 cm³/mol. The Hall–Kier alpha value is -2.15. The van der Waals surface area contributed by atoms with Crippen LogP contribution in [0.5, 0.6) is 0 Å². The molecule has 3 aromatic rings. The zero-order valence-electron chi connectivity index (χ0n) is 12.0. The van der Waals surface area contributed by atoms with Crippen molar-refractivity contribution in [3.8, 4) is 0 Å². The lowest BCUT2D eigenvalue weighted by Crippen LogP contribution is -2.02. The third kappa shape index (κ3) is 2.56. The molecule has 0 spiro atoms. The fourth-order valence-electron chi connectivity index (χ4n) is 2.20. The molecule has 2 aromatic heterocycles. The Morgan fingerprint density at radius 2 is 1.86 bits per heavy atom. The summed E-state index contributed by atoms with van der Waals surface area (Å²) in [5.74, 6) is 1.26. The van der Waals surface area contributed by atoms with Crippen LogP contribution < -0.4 is 10.6 Å². The number of benzene rings is 1. The van der Waals surface area contributed by atoms with E-state index in [0.29, 0.717) is 11.6 Å². The summed E-state index contributed by atoms with van der Waals surface area (Å²) < 4.78 is 1.13. The zero-order chi connectivity index (χ0) is 15.0. The molecule has 2 heterocycles. The van der Waals surface area contributed by atoms with Crippen molar-refractivity contribution < 1.29 is 0 Å². The smallest absolute Gasteiger partial charge is 0.226 e. The number of nitrogens with one attached hydrogen (secondary N) is 3. The minimum atomic E-state index is 0.541. The molecule has 0 saturated heterocycles. The maximum atomic E-state index is 4.46. The number of nitrogens with zero attached hydrogens (tertiary/aromatic N) is 3. The Kier molecular flexibility index (Phi) is 3.50. The van der Waals surface area contributed by atoms with E-state index in [1.54, 1.807) is 13.2 Å². The second kappa shape index (κ2) is 5.33. The molecular formula is C14H15BrN6. The van der Waals surface area contributed by atoms with Crippen molar-refractivity contribution in [2.75, 3.05) is 17.7 Å². The van der Waals surface area contributed by atoms with Crippen LogP contribution in [0, 0.1) is 13.8 Å². The highest BCUT2D eigenvalue weighted by atomic mass is 79.9. The first kappa shape index (κ1) is 13.8. The molecule has 0 bridgehead atoms. The minimum absolute atomic E-state index is 0.541. The first-order chi connectivity index (χ1) is 10.1. The van der Waals surface area contributed by atoms with Crippen LogP contribution in [0.2, 0.25) is 0 Å². The van der Waals surface area contributed by atoms with Gasteiger partial charge in [0.15, 0.2) is 5.65 Å². The molecule has 0 aliphatic rings. The van der Waals surface area contributed by atoms with Gasteiger partial charge >= 0.3 is 0 Å². The van der Waals surface area contributed by atoms with Crippen LogP contribution in [0.25, 0.3) is 11.0 Å². The van der Waals surface area contributed by atoms with Gasteiger partial charge in [-0.2, -0.15) is 15.1 Å². The van der Waals surface area contributed by atoms with Gasteiger partial charge in [-0.1, -0.05) is 15.9 Å². The normalized spacial score (nSPS) is 10.9. The molecule has 7 heteroatoms. The first-order valence-corrected chi connectivity index (χ1v) is 7.30. The van der Waals surface area contributed by atoms with Crippen molar-refractivity contribution in [1.82, 2.24) is 20.2 Å². The fraction of sp³-hybridized carbons (Fsp3) is 0.214. The zero-order valence-corrected chi connectivity index (χ0v) is 13.5. The highest BCUT2D eigenvalue weighted by Crippen LogP contribution is 2.28. The Bertz CT molecular complexity index is 787. The monoisotopic (exact) mass is 346 g/mol. The van der Waals surface area contributed by atoms with Gasteiger partial charge in [0.25, 0.3) is 0 Å². The van der Waals surface area contributed by atoms with Crippen molar-refractivity contribution in [3.05, 3.63) is 33.9 Å². The Morgan fingerprint density at radius 3 is 2.52 bits per heavy atom. The van der Waals surface area contributed by atoms with Gasteiger partial charge < -0.3 is 10.6 Å². The summed E-state index contributed by atoms with van der Waals surface area (Å²) in [4.78, 5) is 8.78. The standard InChI is InChI=1S/C14H15BrN6/c1-7-4-9(5-8(2)11(7)15)18-12-10-6-17-21-13(10)20-14(16-3)19-12/h4-6H,1-3H3,(H3,16,17,18,19,20,21). The van der Waals surface area contributed by atoms with Crippen molar-refractivity contribution in [1.29, 1.82) is 0 Å². The van der Waals surface area contributed by atoms with Crippen molar-refractivity contribution in [3.63, 3.8) is 0 Å². The van der Waals surface area contributed by atoms with Gasteiger partial charge in [-0.15, -0.1) is 0 Å². The molecule has 3 rings (SSSR count). The quantitative estimate of drug-likeness (QED) is 0.676. The molecule has 108 valence electrons. The van der Waals surface area contributed by atoms with Crippen LogP contribution in [0.3, 0.4) is 0 Å². The van der Waals surface area contributed by atoms with Gasteiger partial charge in [0.1, 0.15) is 5.82 Å². The summed E-state index contributed by atoms with van der Waals surface area (Å²) in [6.45, 7) is 4.13. The number of hydrogen-bond acceptors (Lipinski definition) is 5. The molecule has 3 N–H and O–H groups in total. The van der Waals surface area contributed by atoms with Gasteiger partial charge in [0.2, 0.25) is 5.95 Å². The van der Waals surface area contributed by atoms with Gasteiger partial charge in [-0.3, -0.25) is 5.10 Å². The number of halogens is 1. The number of anilines is 3. The van der Waals surface area contributed by atoms with E-state index in [0.717, 1.165) is 21.4 Å². The average molecular weight is 347 g/mol. The maximum absolute atomic E-state index is 4.46. The third-order valence-corrected chi connectivity index (χ3v) is 4.48. The SMILES string of the molecule is CNc1nc(Nc2cc(C)c(Br)c(C)c2)c2cn[nH]c2n1. The van der Waals surface area contributed by atoms with Crippen LogP contribution in [0.1, 0.15) is 11.1 Å². The summed E-state index contributed by atoms with van der Waals surface area (Å²) in [5.41, 5.74) is 4.02. The molecule has 0 aliphatic carbocycles. The van der Waals surface area contributed by atoms with Crippen molar-refractivity contribution in [2.45, 2.75) is 13.8 Å². The number of rotatable bonds is 3. The minimum Gasteiger partial charge on any atom is -0.357 e. The average Bonchev–Trinajstić information content (AvgIpc) is 2.93. The summed E-state index contributed by atoms with van der Waals surface area (Å²) in [5, 5.41) is 14.0. The second-order valence-corrected chi connectivity index (χ2v) is 5.62. The Balaban J connectivity index is 2.07. The number of H-pyrrole nitrogens is 1. The second-order valence-electron chi connectivity index (χ2n) is 4.83. The number of aromatic amines is 1. The largest absolute Gasteiger partial charge is 0.357 e. The van der Waals surface area contributed by atoms with Crippen LogP contribution in [0.4, 0.5) is 17.5 Å². The molecule has 0 radical (unpaired) electrons. The molecule has 0 atom stereocenters. The lowest BCUT2D eigenvalue weighted by Gasteiger charge is -2.11. The van der Waals surface area contributed by atoms with E-state index in [1.165, 1.54) is 11.1 Å². The number of fused-ring (bicyclic) bond motifs is 1. The van der Waals surface area contributed by atoms with Crippen molar-refractivity contribution >= 4 is 44.4 Å². The number of aryl methyl sites for hydroxylation is 2. The molecule has 1 aromatic carbocycles. The molecule has 21 heavy (non-hydrogen) atoms. The molecule has 0 amide bonds. The van der Waals surface area contributed by atoms with E-state index in [1.807, 2.05) is 0 Å². The van der Waals surface area contributed by atoms with E-state index < -0.39 is 0 Å². The summed E-state index contributed by atoms with van der Waals surface area (Å²) >= 11 is 3.58. The Morgan fingerprint density at radius 1 is 1.14 bits per heavy atom. The highest BCUT2D eigenvalue weighted by Gasteiger charge is 2.10. The van der Waals surface area contributed by atoms with Crippen LogP contribution in [-0.2, 0) is 0 Å². The molecule has 0 aliphatic heterocycles. The van der Waals surface area contributed by atoms with E-state index >= 15 is 0 Å². The van der Waals surface area contributed by atoms with E-state index in [-0.39, 0.29) is 0 Å². The van der Waals surface area contributed by atoms with E-state index in [2.05, 4.69) is 72.7 Å². The van der Waals surface area contributed by atoms with Gasteiger partial charge in [-0.05, 0) is 37.1 Å². The highest BCUT2D eigenvalue weighted by molar-refractivity contribution is 9.10. The lowest BCUT2D eigenvalue weighted by atomic mass is 10.1. The lowest BCUT2D eigenvalue weighted by molar-refractivity contribution is 1.09. The first-order valence-electron chi connectivity index (χ1n) is 6.51. The number of aromatic nitrogens is 4. The molecule has 0 saturated carbocycles. The number of hydrogen-bond donors (Lipinski definition) is 3. The summed E-state index contributed by atoms with van der Waals surface area (Å²) in [6, 6.07) is 4.15. The van der Waals surface area contributed by atoms with Gasteiger partial charge in [0, 0.05) is 17.2 Å². The van der Waals surface area contributed by atoms with Crippen molar-refractivity contribution in [2.24, 2.45) is 0 Å². The molecule has 0 fully saturated rings. The third-order valence-electron chi connectivity index (χ3n) is 3.23. The fourth-order valence-corrected chi connectivity index (χ4v) is 2.43. The topological polar surface area (TPSA) is 78.5 Å². The molecular weight excluding hydrogens is 332 g/mol. The van der Waals surface area contributed by atoms with E-state index in [4.69, 9.17) is 0 Å². The summed E-state index contributed by atoms with van der Waals surface area (Å²) in [6.07, 6.45) is 1.72. The Labute approximate surface area is 130 Å².